The minimum absolute atomic E-state index is 0.816. The van der Waals surface area contributed by atoms with Gasteiger partial charge in [-0.25, -0.2) is 0 Å². The van der Waals surface area contributed by atoms with E-state index in [1.807, 2.05) is 6.07 Å². The number of halogens is 3. The van der Waals surface area contributed by atoms with Gasteiger partial charge in [-0.3, -0.25) is 0 Å². The fourth-order valence-corrected chi connectivity index (χ4v) is 3.89. The minimum atomic E-state index is 0.816. The third kappa shape index (κ3) is 1.89. The molecule has 0 aliphatic carbocycles. The van der Waals surface area contributed by atoms with Crippen molar-refractivity contribution in [3.63, 3.8) is 0 Å². The summed E-state index contributed by atoms with van der Waals surface area (Å²) < 4.78 is 2.59. The summed E-state index contributed by atoms with van der Waals surface area (Å²) >= 11 is 13.6. The van der Waals surface area contributed by atoms with E-state index in [0.29, 0.717) is 0 Å². The molecule has 0 radical (unpaired) electrons. The number of alkyl halides is 1. The van der Waals surface area contributed by atoms with E-state index >= 15 is 0 Å². The van der Waals surface area contributed by atoms with Crippen molar-refractivity contribution in [3.05, 3.63) is 31.7 Å². The van der Waals surface area contributed by atoms with E-state index in [1.165, 1.54) is 13.7 Å². The molecule has 0 saturated carbocycles. The summed E-state index contributed by atoms with van der Waals surface area (Å²) in [5.74, 6) is 0. The van der Waals surface area contributed by atoms with E-state index in [2.05, 4.69) is 50.0 Å². The second-order valence-electron chi connectivity index (χ2n) is 2.66. The van der Waals surface area contributed by atoms with Crippen LogP contribution < -0.4 is 0 Å². The molecule has 0 saturated heterocycles. The summed E-state index contributed by atoms with van der Waals surface area (Å²) in [5, 5.41) is 5.08. The molecule has 2 aromatic rings. The topological polar surface area (TPSA) is 0 Å². The van der Waals surface area contributed by atoms with Crippen LogP contribution >= 0.6 is 61.5 Å². The Labute approximate surface area is 108 Å². The lowest BCUT2D eigenvalue weighted by atomic mass is 10.2. The lowest BCUT2D eigenvalue weighted by Crippen LogP contribution is -1.79. The van der Waals surface area contributed by atoms with E-state index < -0.39 is 0 Å². The molecular weight excluding hydrogens is 382 g/mol. The van der Waals surface area contributed by atoms with Crippen LogP contribution in [-0.4, -0.2) is 0 Å². The van der Waals surface area contributed by atoms with Crippen molar-refractivity contribution in [3.8, 4) is 0 Å². The van der Waals surface area contributed by atoms with E-state index in [0.717, 1.165) is 15.9 Å². The molecule has 0 amide bonds. The van der Waals surface area contributed by atoms with Crippen molar-refractivity contribution in [2.45, 2.75) is 5.33 Å². The fourth-order valence-electron chi connectivity index (χ4n) is 1.16. The molecule has 0 spiro atoms. The van der Waals surface area contributed by atoms with Crippen LogP contribution in [0.25, 0.3) is 10.1 Å². The van der Waals surface area contributed by atoms with Crippen LogP contribution in [0.5, 0.6) is 0 Å². The SMILES string of the molecule is Clc1cc2c(I)csc2cc1CBr. The molecule has 1 aromatic carbocycles. The Morgan fingerprint density at radius 3 is 2.92 bits per heavy atom. The van der Waals surface area contributed by atoms with Gasteiger partial charge in [0.15, 0.2) is 0 Å². The Balaban J connectivity index is 2.76. The van der Waals surface area contributed by atoms with Gasteiger partial charge in [0.1, 0.15) is 0 Å². The maximum atomic E-state index is 6.10. The predicted octanol–water partition coefficient (Wildman–Crippen LogP) is 5.05. The molecule has 0 atom stereocenters. The molecule has 0 aliphatic heterocycles. The smallest absolute Gasteiger partial charge is 0.0453 e. The lowest BCUT2D eigenvalue weighted by Gasteiger charge is -1.99. The minimum Gasteiger partial charge on any atom is -0.143 e. The Morgan fingerprint density at radius 2 is 2.23 bits per heavy atom. The number of fused-ring (bicyclic) bond motifs is 1. The summed E-state index contributed by atoms with van der Waals surface area (Å²) in [6, 6.07) is 4.20. The number of hydrogen-bond donors (Lipinski definition) is 0. The van der Waals surface area contributed by atoms with Gasteiger partial charge >= 0.3 is 0 Å². The van der Waals surface area contributed by atoms with Crippen molar-refractivity contribution >= 4 is 71.5 Å². The van der Waals surface area contributed by atoms with Crippen LogP contribution in [0.15, 0.2) is 17.5 Å². The molecule has 0 aliphatic rings. The first kappa shape index (κ1) is 10.2. The van der Waals surface area contributed by atoms with Gasteiger partial charge in [-0.05, 0) is 40.3 Å². The first-order valence-electron chi connectivity index (χ1n) is 3.63. The second kappa shape index (κ2) is 4.04. The van der Waals surface area contributed by atoms with Crippen LogP contribution in [0.4, 0.5) is 0 Å². The number of rotatable bonds is 1. The van der Waals surface area contributed by atoms with E-state index in [-0.39, 0.29) is 0 Å². The van der Waals surface area contributed by atoms with Crippen LogP contribution in [0.1, 0.15) is 5.56 Å². The number of hydrogen-bond acceptors (Lipinski definition) is 1. The first-order valence-corrected chi connectivity index (χ1v) is 7.09. The molecule has 0 unspecified atom stereocenters. The van der Waals surface area contributed by atoms with Gasteiger partial charge in [-0.15, -0.1) is 11.3 Å². The highest BCUT2D eigenvalue weighted by atomic mass is 127. The first-order chi connectivity index (χ1) is 6.22. The van der Waals surface area contributed by atoms with Crippen molar-refractivity contribution in [1.29, 1.82) is 0 Å². The second-order valence-corrected chi connectivity index (χ2v) is 5.70. The van der Waals surface area contributed by atoms with Gasteiger partial charge in [0.2, 0.25) is 0 Å². The largest absolute Gasteiger partial charge is 0.143 e. The van der Waals surface area contributed by atoms with Crippen molar-refractivity contribution in [1.82, 2.24) is 0 Å². The quantitative estimate of drug-likeness (QED) is 0.474. The average molecular weight is 387 g/mol. The monoisotopic (exact) mass is 386 g/mol. The summed E-state index contributed by atoms with van der Waals surface area (Å²) in [6.07, 6.45) is 0. The van der Waals surface area contributed by atoms with Crippen molar-refractivity contribution in [2.75, 3.05) is 0 Å². The summed E-state index contributed by atoms with van der Waals surface area (Å²) in [4.78, 5) is 0. The Morgan fingerprint density at radius 1 is 1.46 bits per heavy atom. The zero-order valence-corrected chi connectivity index (χ0v) is 11.8. The van der Waals surface area contributed by atoms with Crippen LogP contribution in [0.2, 0.25) is 5.02 Å². The van der Waals surface area contributed by atoms with Crippen LogP contribution in [0, 0.1) is 3.57 Å². The van der Waals surface area contributed by atoms with Gasteiger partial charge in [0.25, 0.3) is 0 Å². The average Bonchev–Trinajstić information content (AvgIpc) is 2.47. The maximum Gasteiger partial charge on any atom is 0.0453 e. The highest BCUT2D eigenvalue weighted by Gasteiger charge is 2.05. The molecule has 0 N–H and O–H groups in total. The molecular formula is C9H5BrClIS. The molecule has 0 bridgehead atoms. The van der Waals surface area contributed by atoms with E-state index in [1.54, 1.807) is 11.3 Å². The molecule has 2 rings (SSSR count). The maximum absolute atomic E-state index is 6.10. The molecule has 68 valence electrons. The van der Waals surface area contributed by atoms with E-state index in [4.69, 9.17) is 11.6 Å². The molecule has 1 heterocycles. The Bertz CT molecular complexity index is 452. The molecule has 4 heteroatoms. The van der Waals surface area contributed by atoms with Gasteiger partial charge in [-0.2, -0.15) is 0 Å². The molecule has 0 nitrogen and oxygen atoms in total. The van der Waals surface area contributed by atoms with Gasteiger partial charge in [0, 0.05) is 29.4 Å². The van der Waals surface area contributed by atoms with Gasteiger partial charge in [0.05, 0.1) is 0 Å². The van der Waals surface area contributed by atoms with Crippen LogP contribution in [-0.2, 0) is 5.33 Å². The number of thiophene rings is 1. The van der Waals surface area contributed by atoms with Gasteiger partial charge < -0.3 is 0 Å². The standard InChI is InChI=1S/C9H5BrClIS/c10-3-5-1-9-6(2-7(5)11)8(12)4-13-9/h1-2,4H,3H2. The van der Waals surface area contributed by atoms with E-state index in [9.17, 15) is 0 Å². The highest BCUT2D eigenvalue weighted by Crippen LogP contribution is 2.32. The summed E-state index contributed by atoms with van der Waals surface area (Å²) in [6.45, 7) is 0. The van der Waals surface area contributed by atoms with Crippen LogP contribution in [0.3, 0.4) is 0 Å². The Kier molecular flexibility index (Phi) is 3.18. The Hall–Kier alpha value is 0.680. The molecule has 13 heavy (non-hydrogen) atoms. The van der Waals surface area contributed by atoms with Crippen molar-refractivity contribution < 1.29 is 0 Å². The van der Waals surface area contributed by atoms with Crippen molar-refractivity contribution in [2.24, 2.45) is 0 Å². The fraction of sp³-hybridized carbons (Fsp3) is 0.111. The zero-order chi connectivity index (χ0) is 9.42. The highest BCUT2D eigenvalue weighted by molar-refractivity contribution is 14.1. The third-order valence-electron chi connectivity index (χ3n) is 1.84. The lowest BCUT2D eigenvalue weighted by molar-refractivity contribution is 1.47. The zero-order valence-electron chi connectivity index (χ0n) is 6.48. The molecule has 0 fully saturated rings. The third-order valence-corrected chi connectivity index (χ3v) is 5.06. The normalized spacial score (nSPS) is 11.0. The number of benzene rings is 1. The predicted molar refractivity (Wildman–Crippen MR) is 72.2 cm³/mol. The summed E-state index contributed by atoms with van der Waals surface area (Å²) in [5.41, 5.74) is 1.16. The van der Waals surface area contributed by atoms with Gasteiger partial charge in [-0.1, -0.05) is 27.5 Å². The summed E-state index contributed by atoms with van der Waals surface area (Å²) in [7, 11) is 0. The molecule has 1 aromatic heterocycles.